The van der Waals surface area contributed by atoms with Crippen LogP contribution in [0, 0.1) is 5.82 Å². The average Bonchev–Trinajstić information content (AvgIpc) is 3.24. The van der Waals surface area contributed by atoms with Crippen LogP contribution in [0.15, 0.2) is 30.6 Å². The first-order valence-electron chi connectivity index (χ1n) is 8.79. The van der Waals surface area contributed by atoms with E-state index in [0.29, 0.717) is 24.2 Å². The molecule has 2 heterocycles. The summed E-state index contributed by atoms with van der Waals surface area (Å²) in [5.41, 5.74) is 1.39. The van der Waals surface area contributed by atoms with Crippen molar-refractivity contribution in [3.63, 3.8) is 0 Å². The van der Waals surface area contributed by atoms with Crippen molar-refractivity contribution in [2.75, 3.05) is 13.2 Å². The normalized spacial score (nSPS) is 11.3. The summed E-state index contributed by atoms with van der Waals surface area (Å²) in [6.45, 7) is 0.325. The number of carbonyl (C=O) groups excluding carboxylic acids is 1. The van der Waals surface area contributed by atoms with Gasteiger partial charge in [0.2, 0.25) is 5.88 Å². The molecule has 0 amide bonds. The minimum Gasteiger partial charge on any atom is -0.487 e. The summed E-state index contributed by atoms with van der Waals surface area (Å²) in [6.07, 6.45) is 1.01. The molecule has 0 fully saturated rings. The molecule has 0 unspecified atom stereocenters. The minimum absolute atomic E-state index is 0.0710. The average molecular weight is 395 g/mol. The second-order valence-electron chi connectivity index (χ2n) is 6.29. The fraction of sp³-hybridized carbons (Fsp3) is 0.368. The highest BCUT2D eigenvalue weighted by Crippen LogP contribution is 2.28. The fourth-order valence-corrected chi connectivity index (χ4v) is 2.83. The molecule has 2 aromatic heterocycles. The van der Waals surface area contributed by atoms with Gasteiger partial charge in [0.15, 0.2) is 17.3 Å². The molecule has 0 spiro atoms. The zero-order valence-corrected chi connectivity index (χ0v) is 15.3. The summed E-state index contributed by atoms with van der Waals surface area (Å²) in [4.78, 5) is 14.0. The number of H-pyrrole nitrogens is 1. The number of ether oxygens (including phenoxy) is 2. The van der Waals surface area contributed by atoms with Crippen LogP contribution < -0.4 is 9.47 Å². The molecule has 3 rings (SSSR count). The van der Waals surface area contributed by atoms with E-state index in [1.54, 1.807) is 36.3 Å². The minimum atomic E-state index is -2.94. The number of ketones is 1. The Balaban J connectivity index is 1.59. The van der Waals surface area contributed by atoms with Crippen molar-refractivity contribution in [2.24, 2.45) is 7.05 Å². The van der Waals surface area contributed by atoms with E-state index in [1.807, 2.05) is 0 Å². The predicted octanol–water partition coefficient (Wildman–Crippen LogP) is 3.66. The molecular weight excluding hydrogens is 375 g/mol. The Bertz CT molecular complexity index is 952. The molecule has 0 aliphatic carbocycles. The number of aryl methyl sites for hydroxylation is 2. The number of fused-ring (bicyclic) bond motifs is 1. The van der Waals surface area contributed by atoms with Gasteiger partial charge in [-0.2, -0.15) is 0 Å². The summed E-state index contributed by atoms with van der Waals surface area (Å²) in [7, 11) is 1.77. The van der Waals surface area contributed by atoms with Crippen molar-refractivity contribution >= 4 is 16.7 Å². The van der Waals surface area contributed by atoms with Gasteiger partial charge in [-0.1, -0.05) is 0 Å². The monoisotopic (exact) mass is 395 g/mol. The number of nitrogens with one attached hydrogen (secondary N) is 1. The van der Waals surface area contributed by atoms with E-state index < -0.39 is 18.0 Å². The van der Waals surface area contributed by atoms with Crippen molar-refractivity contribution in [1.29, 1.82) is 0 Å². The highest BCUT2D eigenvalue weighted by Gasteiger charge is 2.15. The zero-order valence-electron chi connectivity index (χ0n) is 15.3. The van der Waals surface area contributed by atoms with Gasteiger partial charge in [0.25, 0.3) is 6.43 Å². The summed E-state index contributed by atoms with van der Waals surface area (Å²) in [6, 6.07) is 4.59. The lowest BCUT2D eigenvalue weighted by atomic mass is 10.1. The number of hydrogen-bond donors (Lipinski definition) is 1. The van der Waals surface area contributed by atoms with E-state index in [9.17, 15) is 18.0 Å². The quantitative estimate of drug-likeness (QED) is 0.532. The molecule has 0 atom stereocenters. The highest BCUT2D eigenvalue weighted by atomic mass is 19.3. The van der Waals surface area contributed by atoms with Gasteiger partial charge in [0.1, 0.15) is 13.2 Å². The van der Waals surface area contributed by atoms with Crippen molar-refractivity contribution in [3.05, 3.63) is 42.0 Å². The molecular formula is C19H20F3N3O3. The Kier molecular flexibility index (Phi) is 6.23. The topological polar surface area (TPSA) is 69.1 Å². The van der Waals surface area contributed by atoms with Crippen LogP contribution in [-0.4, -0.2) is 40.2 Å². The first kappa shape index (κ1) is 19.8. The van der Waals surface area contributed by atoms with Gasteiger partial charge >= 0.3 is 0 Å². The van der Waals surface area contributed by atoms with Gasteiger partial charge in [0, 0.05) is 48.9 Å². The number of benzene rings is 1. The van der Waals surface area contributed by atoms with Gasteiger partial charge in [-0.15, -0.1) is 5.10 Å². The van der Waals surface area contributed by atoms with Crippen LogP contribution in [-0.2, 0) is 18.3 Å². The maximum atomic E-state index is 14.2. The van der Waals surface area contributed by atoms with Crippen LogP contribution in [0.4, 0.5) is 13.2 Å². The Labute approximate surface area is 159 Å². The van der Waals surface area contributed by atoms with Crippen LogP contribution in [0.25, 0.3) is 10.9 Å². The standard InChI is InChI=1S/C19H20F3N3O3/c1-25-6-5-18(24-25)28-8-7-27-17-9-13-12(3-2-4-16(26)19(21)22)11-23-15(13)10-14(17)20/h5-6,9-11,19,23H,2-4,7-8H2,1H3. The summed E-state index contributed by atoms with van der Waals surface area (Å²) < 4.78 is 51.2. The molecule has 150 valence electrons. The van der Waals surface area contributed by atoms with Gasteiger partial charge < -0.3 is 14.5 Å². The zero-order chi connectivity index (χ0) is 20.1. The summed E-state index contributed by atoms with van der Waals surface area (Å²) in [5.74, 6) is -1.07. The van der Waals surface area contributed by atoms with Crippen molar-refractivity contribution < 1.29 is 27.4 Å². The van der Waals surface area contributed by atoms with Crippen molar-refractivity contribution in [3.8, 4) is 11.6 Å². The molecule has 28 heavy (non-hydrogen) atoms. The van der Waals surface area contributed by atoms with E-state index in [4.69, 9.17) is 9.47 Å². The lowest BCUT2D eigenvalue weighted by molar-refractivity contribution is -0.129. The molecule has 0 radical (unpaired) electrons. The Morgan fingerprint density at radius 2 is 2.07 bits per heavy atom. The Morgan fingerprint density at radius 3 is 2.79 bits per heavy atom. The number of alkyl halides is 2. The molecule has 1 aromatic carbocycles. The maximum absolute atomic E-state index is 14.2. The number of nitrogens with zero attached hydrogens (tertiary/aromatic N) is 2. The SMILES string of the molecule is Cn1ccc(OCCOc2cc3c(CCCC(=O)C(F)F)c[nH]c3cc2F)n1. The molecule has 6 nitrogen and oxygen atoms in total. The van der Waals surface area contributed by atoms with E-state index in [-0.39, 0.29) is 25.4 Å². The number of carbonyl (C=O) groups is 1. The molecule has 0 aliphatic heterocycles. The number of halogens is 3. The Morgan fingerprint density at radius 1 is 1.29 bits per heavy atom. The van der Waals surface area contributed by atoms with Gasteiger partial charge in [-0.3, -0.25) is 9.48 Å². The molecule has 0 aliphatic rings. The first-order valence-corrected chi connectivity index (χ1v) is 8.79. The predicted molar refractivity (Wildman–Crippen MR) is 96.4 cm³/mol. The second-order valence-corrected chi connectivity index (χ2v) is 6.29. The van der Waals surface area contributed by atoms with Crippen LogP contribution in [0.3, 0.4) is 0 Å². The second kappa shape index (κ2) is 8.81. The fourth-order valence-electron chi connectivity index (χ4n) is 2.83. The van der Waals surface area contributed by atoms with Gasteiger partial charge in [-0.25, -0.2) is 13.2 Å². The maximum Gasteiger partial charge on any atom is 0.295 e. The lowest BCUT2D eigenvalue weighted by Crippen LogP contribution is -2.10. The summed E-state index contributed by atoms with van der Waals surface area (Å²) >= 11 is 0. The summed E-state index contributed by atoms with van der Waals surface area (Å²) in [5, 5.41) is 4.79. The van der Waals surface area contributed by atoms with Gasteiger partial charge in [-0.05, 0) is 24.5 Å². The van der Waals surface area contributed by atoms with Crippen LogP contribution in [0.1, 0.15) is 18.4 Å². The van der Waals surface area contributed by atoms with Crippen LogP contribution in [0.5, 0.6) is 11.6 Å². The Hall–Kier alpha value is -2.97. The van der Waals surface area contributed by atoms with Gasteiger partial charge in [0.05, 0.1) is 0 Å². The van der Waals surface area contributed by atoms with Crippen LogP contribution >= 0.6 is 0 Å². The smallest absolute Gasteiger partial charge is 0.295 e. The molecule has 9 heteroatoms. The van der Waals surface area contributed by atoms with E-state index in [2.05, 4.69) is 10.1 Å². The first-order chi connectivity index (χ1) is 13.4. The van der Waals surface area contributed by atoms with Crippen molar-refractivity contribution in [1.82, 2.24) is 14.8 Å². The molecule has 1 N–H and O–H groups in total. The van der Waals surface area contributed by atoms with Crippen molar-refractivity contribution in [2.45, 2.75) is 25.7 Å². The highest BCUT2D eigenvalue weighted by molar-refractivity contribution is 5.85. The number of aromatic amines is 1. The number of aromatic nitrogens is 3. The molecule has 0 saturated heterocycles. The molecule has 0 saturated carbocycles. The van der Waals surface area contributed by atoms with Crippen LogP contribution in [0.2, 0.25) is 0 Å². The lowest BCUT2D eigenvalue weighted by Gasteiger charge is -2.08. The number of rotatable bonds is 10. The third-order valence-electron chi connectivity index (χ3n) is 4.21. The molecule has 0 bridgehead atoms. The largest absolute Gasteiger partial charge is 0.487 e. The van der Waals surface area contributed by atoms with E-state index in [1.165, 1.54) is 6.07 Å². The molecule has 3 aromatic rings. The number of hydrogen-bond acceptors (Lipinski definition) is 4. The third kappa shape index (κ3) is 4.85. The van der Waals surface area contributed by atoms with E-state index >= 15 is 0 Å². The van der Waals surface area contributed by atoms with E-state index in [0.717, 1.165) is 10.9 Å². The number of Topliss-reactive ketones (excluding diaryl/α,β-unsaturated/α-hetero) is 1. The third-order valence-corrected chi connectivity index (χ3v) is 4.21.